The van der Waals surface area contributed by atoms with E-state index in [1.807, 2.05) is 13.0 Å². The summed E-state index contributed by atoms with van der Waals surface area (Å²) < 4.78 is 53.9. The van der Waals surface area contributed by atoms with Crippen molar-refractivity contribution in [2.45, 2.75) is 25.3 Å². The zero-order valence-electron chi connectivity index (χ0n) is 10.7. The number of rotatable bonds is 7. The van der Waals surface area contributed by atoms with Crippen LogP contribution in [0, 0.1) is 6.92 Å². The zero-order chi connectivity index (χ0) is 14.5. The molecule has 3 nitrogen and oxygen atoms in total. The number of aromatic nitrogens is 1. The van der Waals surface area contributed by atoms with Gasteiger partial charge in [-0.15, -0.1) is 0 Å². The van der Waals surface area contributed by atoms with Gasteiger partial charge in [0.05, 0.1) is 12.6 Å². The standard InChI is InChI=1S/C12H16F4N2O/c1-8-3-9(5-18-4-8)10(17-2)6-19-7-12(15,16)11(13)14/h3-5,10-11,17H,6-7H2,1-2H3. The minimum Gasteiger partial charge on any atom is -0.373 e. The van der Waals surface area contributed by atoms with Crippen molar-refractivity contribution in [3.05, 3.63) is 29.6 Å². The summed E-state index contributed by atoms with van der Waals surface area (Å²) in [5, 5.41) is 2.86. The second-order valence-corrected chi connectivity index (χ2v) is 4.21. The molecule has 0 saturated carbocycles. The molecule has 1 aromatic heterocycles. The summed E-state index contributed by atoms with van der Waals surface area (Å²) in [5.41, 5.74) is 1.67. The summed E-state index contributed by atoms with van der Waals surface area (Å²) in [6.07, 6.45) is -0.494. The Morgan fingerprint density at radius 2 is 2.05 bits per heavy atom. The number of likely N-dealkylation sites (N-methyl/N-ethyl adjacent to an activating group) is 1. The van der Waals surface area contributed by atoms with Crippen molar-refractivity contribution in [2.24, 2.45) is 0 Å². The summed E-state index contributed by atoms with van der Waals surface area (Å²) >= 11 is 0. The number of halogens is 4. The number of ether oxygens (including phenoxy) is 1. The van der Waals surface area contributed by atoms with E-state index in [0.717, 1.165) is 11.1 Å². The molecule has 1 unspecified atom stereocenters. The van der Waals surface area contributed by atoms with Gasteiger partial charge in [0.2, 0.25) is 0 Å². The van der Waals surface area contributed by atoms with Crippen molar-refractivity contribution in [1.82, 2.24) is 10.3 Å². The Balaban J connectivity index is 2.55. The third-order valence-corrected chi connectivity index (χ3v) is 2.55. The molecule has 0 bridgehead atoms. The van der Waals surface area contributed by atoms with E-state index in [1.165, 1.54) is 0 Å². The highest BCUT2D eigenvalue weighted by Crippen LogP contribution is 2.23. The Morgan fingerprint density at radius 3 is 2.58 bits per heavy atom. The summed E-state index contributed by atoms with van der Waals surface area (Å²) in [6, 6.07) is 1.45. The van der Waals surface area contributed by atoms with Crippen molar-refractivity contribution in [3.63, 3.8) is 0 Å². The van der Waals surface area contributed by atoms with Crippen LogP contribution in [0.3, 0.4) is 0 Å². The first kappa shape index (κ1) is 15.8. The van der Waals surface area contributed by atoms with Crippen LogP contribution in [0.1, 0.15) is 17.2 Å². The molecule has 0 amide bonds. The van der Waals surface area contributed by atoms with E-state index in [-0.39, 0.29) is 12.6 Å². The predicted molar refractivity (Wildman–Crippen MR) is 62.5 cm³/mol. The highest BCUT2D eigenvalue weighted by Gasteiger charge is 2.41. The Labute approximate surface area is 109 Å². The van der Waals surface area contributed by atoms with E-state index in [4.69, 9.17) is 0 Å². The Hall–Kier alpha value is -1.21. The SMILES string of the molecule is CNC(COCC(F)(F)C(F)F)c1cncc(C)c1. The van der Waals surface area contributed by atoms with E-state index in [1.54, 1.807) is 19.4 Å². The maximum Gasteiger partial charge on any atom is 0.330 e. The lowest BCUT2D eigenvalue weighted by atomic mass is 10.1. The molecule has 1 heterocycles. The van der Waals surface area contributed by atoms with Crippen molar-refractivity contribution in [1.29, 1.82) is 0 Å². The highest BCUT2D eigenvalue weighted by molar-refractivity contribution is 5.20. The number of nitrogens with one attached hydrogen (secondary N) is 1. The molecule has 108 valence electrons. The lowest BCUT2D eigenvalue weighted by molar-refractivity contribution is -0.167. The lowest BCUT2D eigenvalue weighted by Gasteiger charge is -2.20. The van der Waals surface area contributed by atoms with E-state index in [0.29, 0.717) is 0 Å². The normalized spacial score (nSPS) is 13.8. The lowest BCUT2D eigenvalue weighted by Crippen LogP contribution is -2.34. The fourth-order valence-corrected chi connectivity index (χ4v) is 1.49. The molecule has 0 aliphatic rings. The van der Waals surface area contributed by atoms with Gasteiger partial charge in [-0.25, -0.2) is 8.78 Å². The fourth-order valence-electron chi connectivity index (χ4n) is 1.49. The van der Waals surface area contributed by atoms with E-state index >= 15 is 0 Å². The Kier molecular flexibility index (Phi) is 5.68. The molecule has 0 spiro atoms. The number of alkyl halides is 4. The zero-order valence-corrected chi connectivity index (χ0v) is 10.7. The monoisotopic (exact) mass is 280 g/mol. The van der Waals surface area contributed by atoms with Gasteiger partial charge < -0.3 is 10.1 Å². The molecule has 7 heteroatoms. The maximum absolute atomic E-state index is 12.7. The van der Waals surface area contributed by atoms with Crippen molar-refractivity contribution in [3.8, 4) is 0 Å². The van der Waals surface area contributed by atoms with Crippen LogP contribution in [0.4, 0.5) is 17.6 Å². The van der Waals surface area contributed by atoms with Crippen LogP contribution in [-0.2, 0) is 4.74 Å². The molecule has 0 radical (unpaired) electrons. The van der Waals surface area contributed by atoms with E-state index in [2.05, 4.69) is 15.0 Å². The summed E-state index contributed by atoms with van der Waals surface area (Å²) in [4.78, 5) is 3.97. The van der Waals surface area contributed by atoms with Gasteiger partial charge in [-0.05, 0) is 25.1 Å². The number of hydrogen-bond acceptors (Lipinski definition) is 3. The van der Waals surface area contributed by atoms with E-state index < -0.39 is 19.0 Å². The molecule has 0 aliphatic carbocycles. The average molecular weight is 280 g/mol. The second kappa shape index (κ2) is 6.81. The third-order valence-electron chi connectivity index (χ3n) is 2.55. The Bertz CT molecular complexity index is 401. The first-order valence-electron chi connectivity index (χ1n) is 5.69. The van der Waals surface area contributed by atoms with Crippen molar-refractivity contribution < 1.29 is 22.3 Å². The van der Waals surface area contributed by atoms with Crippen LogP contribution in [-0.4, -0.2) is 37.6 Å². The maximum atomic E-state index is 12.7. The number of aryl methyl sites for hydroxylation is 1. The van der Waals surface area contributed by atoms with Gasteiger partial charge in [0.15, 0.2) is 0 Å². The van der Waals surface area contributed by atoms with Crippen molar-refractivity contribution >= 4 is 0 Å². The third kappa shape index (κ3) is 4.76. The molecule has 0 aliphatic heterocycles. The summed E-state index contributed by atoms with van der Waals surface area (Å²) in [5.74, 6) is -4.12. The van der Waals surface area contributed by atoms with Crippen LogP contribution in [0.2, 0.25) is 0 Å². The summed E-state index contributed by atoms with van der Waals surface area (Å²) in [6.45, 7) is 0.404. The molecule has 1 aromatic rings. The first-order valence-corrected chi connectivity index (χ1v) is 5.69. The van der Waals surface area contributed by atoms with Crippen LogP contribution in [0.25, 0.3) is 0 Å². The van der Waals surface area contributed by atoms with Crippen LogP contribution < -0.4 is 5.32 Å². The largest absolute Gasteiger partial charge is 0.373 e. The van der Waals surface area contributed by atoms with Gasteiger partial charge in [0, 0.05) is 12.4 Å². The quantitative estimate of drug-likeness (QED) is 0.779. The topological polar surface area (TPSA) is 34.1 Å². The average Bonchev–Trinajstić information content (AvgIpc) is 2.34. The molecule has 1 atom stereocenters. The van der Waals surface area contributed by atoms with Gasteiger partial charge in [-0.1, -0.05) is 6.07 Å². The molecular weight excluding hydrogens is 264 g/mol. The van der Waals surface area contributed by atoms with Crippen molar-refractivity contribution in [2.75, 3.05) is 20.3 Å². The molecule has 0 saturated heterocycles. The molecule has 1 rings (SSSR count). The summed E-state index contributed by atoms with van der Waals surface area (Å²) in [7, 11) is 1.63. The van der Waals surface area contributed by atoms with Gasteiger partial charge >= 0.3 is 12.3 Å². The number of hydrogen-bond donors (Lipinski definition) is 1. The Morgan fingerprint density at radius 1 is 1.37 bits per heavy atom. The predicted octanol–water partition coefficient (Wildman–Crippen LogP) is 2.57. The molecule has 1 N–H and O–H groups in total. The molecular formula is C12H16F4N2O. The minimum absolute atomic E-state index is 0.135. The molecule has 0 aromatic carbocycles. The minimum atomic E-state index is -4.12. The molecule has 19 heavy (non-hydrogen) atoms. The van der Waals surface area contributed by atoms with E-state index in [9.17, 15) is 17.6 Å². The number of pyridine rings is 1. The van der Waals surface area contributed by atoms with Crippen LogP contribution >= 0.6 is 0 Å². The van der Waals surface area contributed by atoms with Gasteiger partial charge in [0.1, 0.15) is 6.61 Å². The highest BCUT2D eigenvalue weighted by atomic mass is 19.3. The van der Waals surface area contributed by atoms with Crippen LogP contribution in [0.5, 0.6) is 0 Å². The van der Waals surface area contributed by atoms with Gasteiger partial charge in [0.25, 0.3) is 0 Å². The first-order chi connectivity index (χ1) is 8.86. The van der Waals surface area contributed by atoms with Crippen LogP contribution in [0.15, 0.2) is 18.5 Å². The molecule has 0 fully saturated rings. The number of nitrogens with zero attached hydrogens (tertiary/aromatic N) is 1. The second-order valence-electron chi connectivity index (χ2n) is 4.21. The smallest absolute Gasteiger partial charge is 0.330 e. The van der Waals surface area contributed by atoms with Gasteiger partial charge in [-0.3, -0.25) is 4.98 Å². The fraction of sp³-hybridized carbons (Fsp3) is 0.583. The van der Waals surface area contributed by atoms with Gasteiger partial charge in [-0.2, -0.15) is 8.78 Å².